The number of methoxy groups -OCH3 is 2. The molecule has 2 rings (SSSR count). The molecule has 0 aliphatic carbocycles. The smallest absolute Gasteiger partial charge is 0.261 e. The van der Waals surface area contributed by atoms with Gasteiger partial charge in [0, 0.05) is 12.6 Å². The minimum Gasteiger partial charge on any atom is -0.493 e. The van der Waals surface area contributed by atoms with Crippen molar-refractivity contribution in [2.45, 2.75) is 13.5 Å². The Morgan fingerprint density at radius 2 is 1.95 bits per heavy atom. The Bertz CT molecular complexity index is 724. The molecule has 2 aromatic rings. The van der Waals surface area contributed by atoms with E-state index in [1.807, 2.05) is 6.92 Å². The summed E-state index contributed by atoms with van der Waals surface area (Å²) < 4.78 is 11.6. The normalized spacial score (nSPS) is 10.4. The van der Waals surface area contributed by atoms with E-state index in [-0.39, 0.29) is 18.0 Å². The molecule has 1 amide bonds. The van der Waals surface area contributed by atoms with E-state index < -0.39 is 0 Å². The number of carbonyl (C=O) groups excluding carboxylic acids is 1. The zero-order valence-electron chi connectivity index (χ0n) is 12.2. The molecule has 0 aliphatic heterocycles. The van der Waals surface area contributed by atoms with E-state index in [1.54, 1.807) is 12.1 Å². The SMILES string of the molecule is CCNC(=O)Cn1cnc2cc(OC)c(OC)cc2c1=O. The molecule has 1 heterocycles. The van der Waals surface area contributed by atoms with E-state index in [4.69, 9.17) is 9.47 Å². The van der Waals surface area contributed by atoms with E-state index in [2.05, 4.69) is 10.3 Å². The number of nitrogens with one attached hydrogen (secondary N) is 1. The fourth-order valence-electron chi connectivity index (χ4n) is 2.01. The number of likely N-dealkylation sites (N-methyl/N-ethyl adjacent to an activating group) is 1. The molecule has 0 bridgehead atoms. The third-order valence-corrected chi connectivity index (χ3v) is 3.02. The zero-order valence-corrected chi connectivity index (χ0v) is 12.2. The van der Waals surface area contributed by atoms with E-state index in [1.165, 1.54) is 25.1 Å². The van der Waals surface area contributed by atoms with Crippen LogP contribution in [0.5, 0.6) is 11.5 Å². The molecule has 1 aromatic heterocycles. The predicted molar refractivity (Wildman–Crippen MR) is 77.8 cm³/mol. The van der Waals surface area contributed by atoms with Crippen LogP contribution in [-0.4, -0.2) is 36.2 Å². The van der Waals surface area contributed by atoms with E-state index in [9.17, 15) is 9.59 Å². The maximum absolute atomic E-state index is 12.4. The van der Waals surface area contributed by atoms with Crippen molar-refractivity contribution < 1.29 is 14.3 Å². The summed E-state index contributed by atoms with van der Waals surface area (Å²) in [6, 6.07) is 3.20. The highest BCUT2D eigenvalue weighted by molar-refractivity contribution is 5.82. The van der Waals surface area contributed by atoms with Crippen LogP contribution in [0.2, 0.25) is 0 Å². The molecule has 0 atom stereocenters. The standard InChI is InChI=1S/C14H17N3O4/c1-4-15-13(18)7-17-8-16-10-6-12(21-3)11(20-2)5-9(10)14(17)19/h5-6,8H,4,7H2,1-3H3,(H,15,18). The summed E-state index contributed by atoms with van der Waals surface area (Å²) in [4.78, 5) is 28.2. The second kappa shape index (κ2) is 6.25. The van der Waals surface area contributed by atoms with Crippen LogP contribution in [0.25, 0.3) is 10.9 Å². The molecule has 112 valence electrons. The number of hydrogen-bond acceptors (Lipinski definition) is 5. The monoisotopic (exact) mass is 291 g/mol. The highest BCUT2D eigenvalue weighted by Crippen LogP contribution is 2.29. The van der Waals surface area contributed by atoms with Gasteiger partial charge >= 0.3 is 0 Å². The lowest BCUT2D eigenvalue weighted by Gasteiger charge is -2.10. The van der Waals surface area contributed by atoms with Crippen molar-refractivity contribution in [2.24, 2.45) is 0 Å². The van der Waals surface area contributed by atoms with Gasteiger partial charge in [-0.05, 0) is 13.0 Å². The molecule has 0 fully saturated rings. The first-order chi connectivity index (χ1) is 10.1. The van der Waals surface area contributed by atoms with Gasteiger partial charge in [0.1, 0.15) is 6.54 Å². The number of rotatable bonds is 5. The molecule has 0 radical (unpaired) electrons. The number of aromatic nitrogens is 2. The van der Waals surface area contributed by atoms with Crippen molar-refractivity contribution in [1.82, 2.24) is 14.9 Å². The predicted octanol–water partition coefficient (Wildman–Crippen LogP) is 0.550. The highest BCUT2D eigenvalue weighted by atomic mass is 16.5. The van der Waals surface area contributed by atoms with Crippen molar-refractivity contribution in [2.75, 3.05) is 20.8 Å². The molecule has 7 heteroatoms. The van der Waals surface area contributed by atoms with Crippen molar-refractivity contribution in [3.63, 3.8) is 0 Å². The second-order valence-electron chi connectivity index (χ2n) is 4.36. The molecular formula is C14H17N3O4. The third-order valence-electron chi connectivity index (χ3n) is 3.02. The van der Waals surface area contributed by atoms with Gasteiger partial charge in [0.05, 0.1) is 31.4 Å². The number of hydrogen-bond donors (Lipinski definition) is 1. The summed E-state index contributed by atoms with van der Waals surface area (Å²) in [5.74, 6) is 0.708. The molecular weight excluding hydrogens is 274 g/mol. The minimum atomic E-state index is -0.299. The topological polar surface area (TPSA) is 82.5 Å². The highest BCUT2D eigenvalue weighted by Gasteiger charge is 2.12. The van der Waals surface area contributed by atoms with Crippen LogP contribution in [0.4, 0.5) is 0 Å². The van der Waals surface area contributed by atoms with Crippen LogP contribution in [0.3, 0.4) is 0 Å². The van der Waals surface area contributed by atoms with Gasteiger partial charge in [-0.3, -0.25) is 14.2 Å². The molecule has 0 saturated heterocycles. The summed E-state index contributed by atoms with van der Waals surface area (Å²) in [7, 11) is 3.01. The zero-order chi connectivity index (χ0) is 15.4. The Morgan fingerprint density at radius 1 is 1.29 bits per heavy atom. The van der Waals surface area contributed by atoms with Gasteiger partial charge in [-0.15, -0.1) is 0 Å². The summed E-state index contributed by atoms with van der Waals surface area (Å²) in [5, 5.41) is 3.01. The average Bonchev–Trinajstić information content (AvgIpc) is 2.49. The number of fused-ring (bicyclic) bond motifs is 1. The van der Waals surface area contributed by atoms with Crippen molar-refractivity contribution >= 4 is 16.8 Å². The lowest BCUT2D eigenvalue weighted by Crippen LogP contribution is -2.32. The Hall–Kier alpha value is -2.57. The van der Waals surface area contributed by atoms with Crippen LogP contribution >= 0.6 is 0 Å². The van der Waals surface area contributed by atoms with Crippen molar-refractivity contribution in [3.05, 3.63) is 28.8 Å². The molecule has 0 unspecified atom stereocenters. The number of benzene rings is 1. The number of nitrogens with zero attached hydrogens (tertiary/aromatic N) is 2. The van der Waals surface area contributed by atoms with E-state index in [0.29, 0.717) is 28.9 Å². The fraction of sp³-hybridized carbons (Fsp3) is 0.357. The van der Waals surface area contributed by atoms with Gasteiger partial charge < -0.3 is 14.8 Å². The molecule has 0 spiro atoms. The van der Waals surface area contributed by atoms with Crippen LogP contribution in [-0.2, 0) is 11.3 Å². The molecule has 21 heavy (non-hydrogen) atoms. The summed E-state index contributed by atoms with van der Waals surface area (Å²) in [5.41, 5.74) is 0.192. The van der Waals surface area contributed by atoms with Crippen molar-refractivity contribution in [1.29, 1.82) is 0 Å². The van der Waals surface area contributed by atoms with Crippen LogP contribution in [0.1, 0.15) is 6.92 Å². The molecule has 1 N–H and O–H groups in total. The van der Waals surface area contributed by atoms with Gasteiger partial charge in [0.15, 0.2) is 11.5 Å². The Balaban J connectivity index is 2.51. The number of amides is 1. The van der Waals surface area contributed by atoms with Gasteiger partial charge in [0.2, 0.25) is 5.91 Å². The third kappa shape index (κ3) is 2.96. The van der Waals surface area contributed by atoms with Gasteiger partial charge in [0.25, 0.3) is 5.56 Å². The summed E-state index contributed by atoms with van der Waals surface area (Å²) >= 11 is 0. The van der Waals surface area contributed by atoms with Crippen LogP contribution in [0.15, 0.2) is 23.3 Å². The quantitative estimate of drug-likeness (QED) is 0.870. The summed E-state index contributed by atoms with van der Waals surface area (Å²) in [6.07, 6.45) is 1.35. The molecule has 0 saturated carbocycles. The second-order valence-corrected chi connectivity index (χ2v) is 4.36. The lowest BCUT2D eigenvalue weighted by atomic mass is 10.2. The fourth-order valence-corrected chi connectivity index (χ4v) is 2.01. The number of ether oxygens (including phenoxy) is 2. The average molecular weight is 291 g/mol. The van der Waals surface area contributed by atoms with Crippen LogP contribution in [0, 0.1) is 0 Å². The summed E-state index contributed by atoms with van der Waals surface area (Å²) in [6.45, 7) is 2.26. The van der Waals surface area contributed by atoms with E-state index >= 15 is 0 Å². The first-order valence-corrected chi connectivity index (χ1v) is 6.48. The van der Waals surface area contributed by atoms with Crippen molar-refractivity contribution in [3.8, 4) is 11.5 Å². The van der Waals surface area contributed by atoms with Gasteiger partial charge in [-0.2, -0.15) is 0 Å². The maximum atomic E-state index is 12.4. The largest absolute Gasteiger partial charge is 0.493 e. The van der Waals surface area contributed by atoms with Gasteiger partial charge in [-0.25, -0.2) is 4.98 Å². The Morgan fingerprint density at radius 3 is 2.57 bits per heavy atom. The first-order valence-electron chi connectivity index (χ1n) is 6.48. The Kier molecular flexibility index (Phi) is 4.42. The first kappa shape index (κ1) is 14.8. The van der Waals surface area contributed by atoms with Crippen LogP contribution < -0.4 is 20.3 Å². The maximum Gasteiger partial charge on any atom is 0.261 e. The molecule has 7 nitrogen and oxygen atoms in total. The lowest BCUT2D eigenvalue weighted by molar-refractivity contribution is -0.121. The molecule has 1 aromatic carbocycles. The minimum absolute atomic E-state index is 0.0655. The number of carbonyl (C=O) groups is 1. The molecule has 0 aliphatic rings. The van der Waals surface area contributed by atoms with E-state index in [0.717, 1.165) is 0 Å². The Labute approximate surface area is 121 Å². The van der Waals surface area contributed by atoms with Gasteiger partial charge in [-0.1, -0.05) is 0 Å².